The molecule has 130 valence electrons. The van der Waals surface area contributed by atoms with Gasteiger partial charge in [0.25, 0.3) is 0 Å². The minimum Gasteiger partial charge on any atom is -0.396 e. The number of benzene rings is 1. The molecule has 1 heterocycles. The summed E-state index contributed by atoms with van der Waals surface area (Å²) in [7, 11) is 0. The number of hydrogen-bond donors (Lipinski definition) is 2. The number of rotatable bonds is 4. The van der Waals surface area contributed by atoms with Gasteiger partial charge in [0.1, 0.15) is 0 Å². The Bertz CT molecular complexity index is 598. The highest BCUT2D eigenvalue weighted by Crippen LogP contribution is 2.68. The summed E-state index contributed by atoms with van der Waals surface area (Å²) in [5, 5.41) is 20.5. The topological polar surface area (TPSA) is 60.8 Å². The fraction of sp³-hybridized carbons (Fsp3) is 0.650. The summed E-state index contributed by atoms with van der Waals surface area (Å²) >= 11 is 0. The number of likely N-dealkylation sites (tertiary alicyclic amines) is 1. The summed E-state index contributed by atoms with van der Waals surface area (Å²) in [4.78, 5) is 14.5. The number of carbonyl (C=O) groups excluding carboxylic acids is 1. The average molecular weight is 329 g/mol. The highest BCUT2D eigenvalue weighted by Gasteiger charge is 2.71. The lowest BCUT2D eigenvalue weighted by molar-refractivity contribution is -0.131. The van der Waals surface area contributed by atoms with Crippen LogP contribution in [0.1, 0.15) is 43.6 Å². The monoisotopic (exact) mass is 329 g/mol. The Morgan fingerprint density at radius 3 is 2.58 bits per heavy atom. The lowest BCUT2D eigenvalue weighted by Gasteiger charge is -2.19. The standard InChI is InChI=1S/C20H27NO3/c22-12-16-19(15-8-2-1-3-9-15)20(16)13-21(11-17(20)23)18(24)10-14-6-4-5-7-14/h1-3,8-9,14,16-17,19,22-23H,4-7,10-13H2/t16-,17-,19-,20-/m1/s1. The van der Waals surface area contributed by atoms with Crippen LogP contribution in [0.15, 0.2) is 30.3 Å². The van der Waals surface area contributed by atoms with Crippen LogP contribution < -0.4 is 0 Å². The van der Waals surface area contributed by atoms with Crippen LogP contribution in [0.25, 0.3) is 0 Å². The van der Waals surface area contributed by atoms with Crippen LogP contribution in [0, 0.1) is 17.3 Å². The summed E-state index contributed by atoms with van der Waals surface area (Å²) in [6, 6.07) is 10.1. The quantitative estimate of drug-likeness (QED) is 0.890. The van der Waals surface area contributed by atoms with Crippen LogP contribution in [0.5, 0.6) is 0 Å². The van der Waals surface area contributed by atoms with Crippen molar-refractivity contribution in [1.82, 2.24) is 4.90 Å². The summed E-state index contributed by atoms with van der Waals surface area (Å²) in [5.41, 5.74) is 0.822. The number of amides is 1. The summed E-state index contributed by atoms with van der Waals surface area (Å²) in [5.74, 6) is 0.930. The molecule has 0 bridgehead atoms. The van der Waals surface area contributed by atoms with E-state index in [-0.39, 0.29) is 29.8 Å². The van der Waals surface area contributed by atoms with Crippen molar-refractivity contribution in [2.45, 2.75) is 44.1 Å². The second-order valence-corrected chi connectivity index (χ2v) is 7.93. The van der Waals surface area contributed by atoms with E-state index in [1.165, 1.54) is 31.2 Å². The highest BCUT2D eigenvalue weighted by atomic mass is 16.3. The SMILES string of the molecule is O=C(CC1CCCC1)N1C[C@@H](O)[C@@]2(C1)[C@H](CO)[C@H]2c1ccccc1. The Morgan fingerprint density at radius 2 is 1.92 bits per heavy atom. The van der Waals surface area contributed by atoms with Gasteiger partial charge in [-0.2, -0.15) is 0 Å². The van der Waals surface area contributed by atoms with Gasteiger partial charge < -0.3 is 15.1 Å². The number of nitrogens with zero attached hydrogens (tertiary/aromatic N) is 1. The molecule has 1 aliphatic heterocycles. The number of β-amino-alcohol motifs (C(OH)–C–C–N with tert-alkyl or cyclic N) is 1. The lowest BCUT2D eigenvalue weighted by Crippen LogP contribution is -2.30. The van der Waals surface area contributed by atoms with E-state index in [9.17, 15) is 15.0 Å². The van der Waals surface area contributed by atoms with Crippen LogP contribution >= 0.6 is 0 Å². The van der Waals surface area contributed by atoms with Gasteiger partial charge >= 0.3 is 0 Å². The van der Waals surface area contributed by atoms with Crippen molar-refractivity contribution in [2.75, 3.05) is 19.7 Å². The van der Waals surface area contributed by atoms with Crippen molar-refractivity contribution in [2.24, 2.45) is 17.3 Å². The van der Waals surface area contributed by atoms with E-state index < -0.39 is 6.10 Å². The molecule has 1 aromatic carbocycles. The largest absolute Gasteiger partial charge is 0.396 e. The van der Waals surface area contributed by atoms with Gasteiger partial charge in [0.05, 0.1) is 6.10 Å². The van der Waals surface area contributed by atoms with Gasteiger partial charge in [-0.05, 0) is 36.2 Å². The van der Waals surface area contributed by atoms with Crippen molar-refractivity contribution in [3.05, 3.63) is 35.9 Å². The Labute approximate surface area is 143 Å². The molecule has 2 N–H and O–H groups in total. The third-order valence-electron chi connectivity index (χ3n) is 6.69. The molecule has 2 saturated carbocycles. The maximum atomic E-state index is 12.7. The van der Waals surface area contributed by atoms with Gasteiger partial charge in [-0.1, -0.05) is 43.2 Å². The molecule has 0 radical (unpaired) electrons. The van der Waals surface area contributed by atoms with Crippen LogP contribution in [-0.2, 0) is 4.79 Å². The van der Waals surface area contributed by atoms with E-state index in [4.69, 9.17) is 0 Å². The van der Waals surface area contributed by atoms with E-state index in [1.54, 1.807) is 0 Å². The van der Waals surface area contributed by atoms with Gasteiger partial charge in [0.2, 0.25) is 5.91 Å². The number of aliphatic hydroxyl groups is 2. The molecule has 4 heteroatoms. The first-order valence-electron chi connectivity index (χ1n) is 9.28. The summed E-state index contributed by atoms with van der Waals surface area (Å²) in [6.45, 7) is 1.08. The van der Waals surface area contributed by atoms with Crippen LogP contribution in [0.3, 0.4) is 0 Å². The third kappa shape index (κ3) is 2.47. The van der Waals surface area contributed by atoms with Crippen LogP contribution in [0.4, 0.5) is 0 Å². The van der Waals surface area contributed by atoms with E-state index >= 15 is 0 Å². The zero-order valence-corrected chi connectivity index (χ0v) is 14.1. The molecular formula is C20H27NO3. The van der Waals surface area contributed by atoms with Crippen molar-refractivity contribution >= 4 is 5.91 Å². The first-order valence-corrected chi connectivity index (χ1v) is 9.28. The second-order valence-electron chi connectivity index (χ2n) is 7.93. The molecule has 0 unspecified atom stereocenters. The molecule has 4 atom stereocenters. The normalized spacial score (nSPS) is 35.8. The van der Waals surface area contributed by atoms with Gasteiger partial charge in [-0.15, -0.1) is 0 Å². The summed E-state index contributed by atoms with van der Waals surface area (Å²) < 4.78 is 0. The van der Waals surface area contributed by atoms with E-state index in [0.29, 0.717) is 25.4 Å². The molecule has 4 rings (SSSR count). The molecule has 3 fully saturated rings. The Morgan fingerprint density at radius 1 is 1.21 bits per heavy atom. The van der Waals surface area contributed by atoms with E-state index in [1.807, 2.05) is 23.1 Å². The molecule has 1 amide bonds. The lowest BCUT2D eigenvalue weighted by atomic mass is 9.95. The molecule has 2 aliphatic carbocycles. The fourth-order valence-corrected chi connectivity index (χ4v) is 5.35. The predicted molar refractivity (Wildman–Crippen MR) is 91.4 cm³/mol. The van der Waals surface area contributed by atoms with Crippen LogP contribution in [-0.4, -0.2) is 46.8 Å². The van der Waals surface area contributed by atoms with Crippen molar-refractivity contribution in [1.29, 1.82) is 0 Å². The molecule has 3 aliphatic rings. The van der Waals surface area contributed by atoms with Gasteiger partial charge in [-0.3, -0.25) is 4.79 Å². The molecule has 4 nitrogen and oxygen atoms in total. The molecule has 1 aromatic rings. The third-order valence-corrected chi connectivity index (χ3v) is 6.69. The number of carbonyl (C=O) groups is 1. The maximum absolute atomic E-state index is 12.7. The molecular weight excluding hydrogens is 302 g/mol. The van der Waals surface area contributed by atoms with Crippen molar-refractivity contribution in [3.8, 4) is 0 Å². The minimum atomic E-state index is -0.535. The second kappa shape index (κ2) is 6.16. The Hall–Kier alpha value is -1.39. The Kier molecular flexibility index (Phi) is 4.13. The highest BCUT2D eigenvalue weighted by molar-refractivity contribution is 5.77. The fourth-order valence-electron chi connectivity index (χ4n) is 5.35. The van der Waals surface area contributed by atoms with Crippen molar-refractivity contribution in [3.63, 3.8) is 0 Å². The smallest absolute Gasteiger partial charge is 0.222 e. The first kappa shape index (κ1) is 16.1. The van der Waals surface area contributed by atoms with Crippen LogP contribution in [0.2, 0.25) is 0 Å². The zero-order chi connectivity index (χ0) is 16.7. The molecule has 1 saturated heterocycles. The average Bonchev–Trinajstić information content (AvgIpc) is 2.87. The maximum Gasteiger partial charge on any atom is 0.222 e. The van der Waals surface area contributed by atoms with Crippen molar-refractivity contribution < 1.29 is 15.0 Å². The minimum absolute atomic E-state index is 0.0548. The molecule has 1 spiro atoms. The van der Waals surface area contributed by atoms with E-state index in [2.05, 4.69) is 12.1 Å². The zero-order valence-electron chi connectivity index (χ0n) is 14.1. The number of aliphatic hydroxyl groups excluding tert-OH is 2. The number of hydrogen-bond acceptors (Lipinski definition) is 3. The Balaban J connectivity index is 1.49. The first-order chi connectivity index (χ1) is 11.7. The van der Waals surface area contributed by atoms with Gasteiger partial charge in [0, 0.05) is 31.5 Å². The van der Waals surface area contributed by atoms with Gasteiger partial charge in [0.15, 0.2) is 0 Å². The predicted octanol–water partition coefficient (Wildman–Crippen LogP) is 2.16. The van der Waals surface area contributed by atoms with Gasteiger partial charge in [-0.25, -0.2) is 0 Å². The molecule has 0 aromatic heterocycles. The van der Waals surface area contributed by atoms with E-state index in [0.717, 1.165) is 0 Å². The molecule has 24 heavy (non-hydrogen) atoms. The summed E-state index contributed by atoms with van der Waals surface area (Å²) in [6.07, 6.45) is 4.91.